The van der Waals surface area contributed by atoms with Gasteiger partial charge in [-0.25, -0.2) is 4.39 Å². The predicted octanol–water partition coefficient (Wildman–Crippen LogP) is 4.06. The summed E-state index contributed by atoms with van der Waals surface area (Å²) in [6, 6.07) is 0. The zero-order chi connectivity index (χ0) is 10.6. The number of ketones is 1. The number of hydrogen-bond donors (Lipinski definition) is 0. The van der Waals surface area contributed by atoms with Crippen molar-refractivity contribution in [1.82, 2.24) is 0 Å². The van der Waals surface area contributed by atoms with Crippen molar-refractivity contribution in [3.05, 3.63) is 0 Å². The molecule has 0 fully saturated rings. The molecule has 0 aliphatic rings. The summed E-state index contributed by atoms with van der Waals surface area (Å²) < 4.78 is 11.8. The highest BCUT2D eigenvalue weighted by molar-refractivity contribution is 5.79. The summed E-state index contributed by atoms with van der Waals surface area (Å²) in [7, 11) is 0. The van der Waals surface area contributed by atoms with Crippen molar-refractivity contribution in [2.24, 2.45) is 0 Å². The minimum Gasteiger partial charge on any atom is -0.297 e. The number of Topliss-reactive ketones (excluding diaryl/α,β-unsaturated/α-hetero) is 1. The maximum absolute atomic E-state index is 11.8. The number of hydrogen-bond acceptors (Lipinski definition) is 1. The van der Waals surface area contributed by atoms with Gasteiger partial charge in [0.15, 0.2) is 5.78 Å². The topological polar surface area (TPSA) is 17.1 Å². The zero-order valence-electron chi connectivity index (χ0n) is 9.36. The molecule has 0 spiro atoms. The van der Waals surface area contributed by atoms with Crippen LogP contribution >= 0.6 is 0 Å². The first kappa shape index (κ1) is 13.6. The first-order valence-corrected chi connectivity index (χ1v) is 5.89. The molecule has 84 valence electrons. The average Bonchev–Trinajstić information content (AvgIpc) is 2.21. The van der Waals surface area contributed by atoms with Gasteiger partial charge >= 0.3 is 0 Å². The lowest BCUT2D eigenvalue weighted by Crippen LogP contribution is -1.98. The third-order valence-electron chi connectivity index (χ3n) is 2.46. The fraction of sp³-hybridized carbons (Fsp3) is 0.917. The Labute approximate surface area is 87.1 Å². The predicted molar refractivity (Wildman–Crippen MR) is 58.2 cm³/mol. The van der Waals surface area contributed by atoms with Crippen molar-refractivity contribution in [1.29, 1.82) is 0 Å². The van der Waals surface area contributed by atoms with Crippen molar-refractivity contribution >= 4 is 5.78 Å². The van der Waals surface area contributed by atoms with Crippen LogP contribution in [-0.4, -0.2) is 12.5 Å². The number of carbonyl (C=O) groups excluding carboxylic acids is 1. The van der Waals surface area contributed by atoms with E-state index in [1.54, 1.807) is 0 Å². The average molecular weight is 202 g/mol. The molecule has 0 aromatic heterocycles. The molecule has 0 aliphatic heterocycles. The minimum atomic E-state index is -0.781. The third kappa shape index (κ3) is 9.69. The van der Waals surface area contributed by atoms with Crippen LogP contribution in [0.2, 0.25) is 0 Å². The maximum Gasteiger partial charge on any atom is 0.163 e. The van der Waals surface area contributed by atoms with Crippen molar-refractivity contribution in [2.75, 3.05) is 6.67 Å². The second-order valence-corrected chi connectivity index (χ2v) is 3.90. The molecule has 14 heavy (non-hydrogen) atoms. The van der Waals surface area contributed by atoms with E-state index in [9.17, 15) is 9.18 Å². The van der Waals surface area contributed by atoms with E-state index in [-0.39, 0.29) is 5.78 Å². The molecule has 0 aromatic rings. The lowest BCUT2D eigenvalue weighted by Gasteiger charge is -2.00. The smallest absolute Gasteiger partial charge is 0.163 e. The van der Waals surface area contributed by atoms with E-state index >= 15 is 0 Å². The summed E-state index contributed by atoms with van der Waals surface area (Å²) in [5.41, 5.74) is 0. The first-order chi connectivity index (χ1) is 6.81. The highest BCUT2D eigenvalue weighted by atomic mass is 19.1. The van der Waals surface area contributed by atoms with E-state index in [2.05, 4.69) is 6.92 Å². The van der Waals surface area contributed by atoms with Crippen LogP contribution in [0, 0.1) is 0 Å². The molecule has 0 saturated heterocycles. The highest BCUT2D eigenvalue weighted by Gasteiger charge is 1.99. The minimum absolute atomic E-state index is 0.240. The molecule has 0 aliphatic carbocycles. The summed E-state index contributed by atoms with van der Waals surface area (Å²) in [6.07, 6.45) is 10.1. The second kappa shape index (κ2) is 10.7. The van der Waals surface area contributed by atoms with Gasteiger partial charge in [-0.3, -0.25) is 4.79 Å². The number of alkyl halides is 1. The molecule has 0 amide bonds. The molecule has 1 nitrogen and oxygen atoms in total. The van der Waals surface area contributed by atoms with Gasteiger partial charge in [0.1, 0.15) is 6.67 Å². The van der Waals surface area contributed by atoms with Crippen molar-refractivity contribution < 1.29 is 9.18 Å². The molecule has 0 N–H and O–H groups in total. The zero-order valence-corrected chi connectivity index (χ0v) is 9.36. The quantitative estimate of drug-likeness (QED) is 0.488. The third-order valence-corrected chi connectivity index (χ3v) is 2.46. The Morgan fingerprint density at radius 3 is 1.93 bits per heavy atom. The molecular formula is C12H23FO. The summed E-state index contributed by atoms with van der Waals surface area (Å²) in [6.45, 7) is 1.43. The standard InChI is InChI=1S/C12H23FO/c1-2-3-4-5-6-7-8-9-10-12(14)11-13/h2-11H2,1H3. The normalized spacial score (nSPS) is 10.4. The molecule has 0 unspecified atom stereocenters. The van der Waals surface area contributed by atoms with Crippen LogP contribution < -0.4 is 0 Å². The van der Waals surface area contributed by atoms with E-state index in [0.717, 1.165) is 12.8 Å². The molecule has 0 radical (unpaired) electrons. The Bertz CT molecular complexity index is 134. The van der Waals surface area contributed by atoms with E-state index in [1.807, 2.05) is 0 Å². The largest absolute Gasteiger partial charge is 0.297 e. The van der Waals surface area contributed by atoms with Crippen LogP contribution in [0.3, 0.4) is 0 Å². The SMILES string of the molecule is CCCCCCCCCCC(=O)CF. The Morgan fingerprint density at radius 2 is 1.43 bits per heavy atom. The van der Waals surface area contributed by atoms with E-state index in [4.69, 9.17) is 0 Å². The fourth-order valence-electron chi connectivity index (χ4n) is 1.52. The molecule has 0 atom stereocenters. The number of rotatable bonds is 10. The summed E-state index contributed by atoms with van der Waals surface area (Å²) >= 11 is 0. The summed E-state index contributed by atoms with van der Waals surface area (Å²) in [5, 5.41) is 0. The van der Waals surface area contributed by atoms with E-state index in [1.165, 1.54) is 38.5 Å². The van der Waals surface area contributed by atoms with E-state index < -0.39 is 6.67 Å². The second-order valence-electron chi connectivity index (χ2n) is 3.90. The Morgan fingerprint density at radius 1 is 0.929 bits per heavy atom. The van der Waals surface area contributed by atoms with Crippen molar-refractivity contribution in [3.63, 3.8) is 0 Å². The highest BCUT2D eigenvalue weighted by Crippen LogP contribution is 2.09. The molecule has 2 heteroatoms. The van der Waals surface area contributed by atoms with Gasteiger partial charge in [0.05, 0.1) is 0 Å². The number of unbranched alkanes of at least 4 members (excludes halogenated alkanes) is 7. The Kier molecular flexibility index (Phi) is 10.4. The molecule has 0 aromatic carbocycles. The van der Waals surface area contributed by atoms with Gasteiger partial charge in [-0.2, -0.15) is 0 Å². The number of halogens is 1. The van der Waals surface area contributed by atoms with Crippen LogP contribution in [0.4, 0.5) is 4.39 Å². The van der Waals surface area contributed by atoms with Crippen molar-refractivity contribution in [3.8, 4) is 0 Å². The van der Waals surface area contributed by atoms with Gasteiger partial charge in [-0.05, 0) is 6.42 Å². The monoisotopic (exact) mass is 202 g/mol. The molecule has 0 heterocycles. The Hall–Kier alpha value is -0.400. The van der Waals surface area contributed by atoms with Crippen LogP contribution in [0.1, 0.15) is 64.7 Å². The summed E-state index contributed by atoms with van der Waals surface area (Å²) in [4.78, 5) is 10.6. The van der Waals surface area contributed by atoms with Crippen LogP contribution in [0.5, 0.6) is 0 Å². The molecular weight excluding hydrogens is 179 g/mol. The van der Waals surface area contributed by atoms with Gasteiger partial charge in [-0.15, -0.1) is 0 Å². The van der Waals surface area contributed by atoms with Crippen LogP contribution in [0.15, 0.2) is 0 Å². The lowest BCUT2D eigenvalue weighted by atomic mass is 10.1. The van der Waals surface area contributed by atoms with E-state index in [0.29, 0.717) is 6.42 Å². The molecule has 0 rings (SSSR count). The molecule has 0 bridgehead atoms. The lowest BCUT2D eigenvalue weighted by molar-refractivity contribution is -0.120. The molecule has 0 saturated carbocycles. The van der Waals surface area contributed by atoms with Gasteiger partial charge in [-0.1, -0.05) is 51.9 Å². The van der Waals surface area contributed by atoms with Crippen molar-refractivity contribution in [2.45, 2.75) is 64.7 Å². The fourth-order valence-corrected chi connectivity index (χ4v) is 1.52. The summed E-state index contributed by atoms with van der Waals surface area (Å²) in [5.74, 6) is -0.240. The maximum atomic E-state index is 11.8. The number of carbonyl (C=O) groups is 1. The van der Waals surface area contributed by atoms with Gasteiger partial charge in [0.25, 0.3) is 0 Å². The Balaban J connectivity index is 2.95. The van der Waals surface area contributed by atoms with Gasteiger partial charge in [0, 0.05) is 6.42 Å². The first-order valence-electron chi connectivity index (χ1n) is 5.89. The van der Waals surface area contributed by atoms with Crippen LogP contribution in [-0.2, 0) is 4.79 Å². The van der Waals surface area contributed by atoms with Crippen LogP contribution in [0.25, 0.3) is 0 Å². The van der Waals surface area contributed by atoms with Gasteiger partial charge < -0.3 is 0 Å². The van der Waals surface area contributed by atoms with Gasteiger partial charge in [0.2, 0.25) is 0 Å².